The number of halogens is 1. The minimum Gasteiger partial charge on any atom is -0.454 e. The molecule has 0 saturated carbocycles. The molecule has 4 nitrogen and oxygen atoms in total. The summed E-state index contributed by atoms with van der Waals surface area (Å²) >= 11 is 6.29. The first-order valence-electron chi connectivity index (χ1n) is 7.59. The van der Waals surface area contributed by atoms with Gasteiger partial charge in [-0.1, -0.05) is 11.6 Å². The molecule has 3 heterocycles. The fourth-order valence-electron chi connectivity index (χ4n) is 4.11. The van der Waals surface area contributed by atoms with Crippen LogP contribution in [0.15, 0.2) is 12.1 Å². The summed E-state index contributed by atoms with van der Waals surface area (Å²) in [6.07, 6.45) is 0. The van der Waals surface area contributed by atoms with E-state index in [1.807, 2.05) is 6.07 Å². The van der Waals surface area contributed by atoms with Crippen molar-refractivity contribution < 1.29 is 9.47 Å². The fourth-order valence-corrected chi connectivity index (χ4v) is 4.39. The molecule has 0 spiro atoms. The number of nitrogens with zero attached hydrogens (tertiary/aromatic N) is 1. The lowest BCUT2D eigenvalue weighted by atomic mass is 9.85. The van der Waals surface area contributed by atoms with Crippen LogP contribution >= 0.6 is 11.6 Å². The van der Waals surface area contributed by atoms with Crippen molar-refractivity contribution in [3.63, 3.8) is 0 Å². The second-order valence-corrected chi connectivity index (χ2v) is 7.28. The molecule has 0 bridgehead atoms. The maximum Gasteiger partial charge on any atom is 0.231 e. The highest BCUT2D eigenvalue weighted by Crippen LogP contribution is 2.43. The van der Waals surface area contributed by atoms with Gasteiger partial charge < -0.3 is 14.8 Å². The summed E-state index contributed by atoms with van der Waals surface area (Å²) in [5, 5.41) is 4.17. The Morgan fingerprint density at radius 1 is 1.33 bits per heavy atom. The van der Waals surface area contributed by atoms with E-state index in [1.165, 1.54) is 5.56 Å². The molecule has 1 N–H and O–H groups in total. The third-order valence-corrected chi connectivity index (χ3v) is 5.66. The number of benzene rings is 1. The van der Waals surface area contributed by atoms with Crippen LogP contribution in [0.5, 0.6) is 11.5 Å². The molecule has 5 heteroatoms. The van der Waals surface area contributed by atoms with Gasteiger partial charge in [0.25, 0.3) is 0 Å². The Hall–Kier alpha value is -0.970. The molecule has 0 aromatic heterocycles. The normalized spacial score (nSPS) is 29.9. The molecule has 2 unspecified atom stereocenters. The number of fused-ring (bicyclic) bond motifs is 2. The van der Waals surface area contributed by atoms with Gasteiger partial charge >= 0.3 is 0 Å². The Morgan fingerprint density at radius 2 is 2.19 bits per heavy atom. The van der Waals surface area contributed by atoms with E-state index in [0.29, 0.717) is 10.8 Å². The maximum atomic E-state index is 6.29. The smallest absolute Gasteiger partial charge is 0.231 e. The molecule has 1 aromatic rings. The molecule has 0 aliphatic carbocycles. The first-order valence-corrected chi connectivity index (χ1v) is 7.97. The molecular formula is C16H21ClN2O2. The average molecular weight is 309 g/mol. The van der Waals surface area contributed by atoms with Crippen LogP contribution < -0.4 is 14.8 Å². The molecule has 2 saturated heterocycles. The van der Waals surface area contributed by atoms with Gasteiger partial charge in [-0.05, 0) is 49.9 Å². The second-order valence-electron chi connectivity index (χ2n) is 6.87. The Kier molecular flexibility index (Phi) is 3.10. The van der Waals surface area contributed by atoms with Crippen LogP contribution in [0.4, 0.5) is 0 Å². The molecule has 3 aliphatic rings. The van der Waals surface area contributed by atoms with Gasteiger partial charge in [0.2, 0.25) is 6.79 Å². The van der Waals surface area contributed by atoms with Crippen molar-refractivity contribution in [3.05, 3.63) is 22.7 Å². The molecule has 0 amide bonds. The van der Waals surface area contributed by atoms with Crippen molar-refractivity contribution in [2.24, 2.45) is 11.8 Å². The molecule has 2 fully saturated rings. The van der Waals surface area contributed by atoms with Gasteiger partial charge in [0.05, 0.1) is 5.02 Å². The molecule has 1 aromatic carbocycles. The highest BCUT2D eigenvalue weighted by Gasteiger charge is 2.49. The van der Waals surface area contributed by atoms with Gasteiger partial charge in [0.1, 0.15) is 0 Å². The number of likely N-dealkylation sites (tertiary alicyclic amines) is 1. The first-order chi connectivity index (χ1) is 10.1. The molecular weight excluding hydrogens is 288 g/mol. The standard InChI is InChI=1S/C16H21ClN2O2/c1-16(2)12-6-18-5-11(12)8-19(16)7-10-3-13(17)15-14(4-10)20-9-21-15/h3-4,11-12,18H,5-9H2,1-2H3. The van der Waals surface area contributed by atoms with Crippen molar-refractivity contribution >= 4 is 11.6 Å². The monoisotopic (exact) mass is 308 g/mol. The third-order valence-electron chi connectivity index (χ3n) is 5.38. The van der Waals surface area contributed by atoms with Crippen LogP contribution in [0.2, 0.25) is 5.02 Å². The van der Waals surface area contributed by atoms with E-state index in [-0.39, 0.29) is 12.3 Å². The summed E-state index contributed by atoms with van der Waals surface area (Å²) in [5.74, 6) is 2.96. The minimum atomic E-state index is 0.219. The minimum absolute atomic E-state index is 0.219. The lowest BCUT2D eigenvalue weighted by Gasteiger charge is -2.35. The largest absolute Gasteiger partial charge is 0.454 e. The van der Waals surface area contributed by atoms with Gasteiger partial charge in [0, 0.05) is 25.2 Å². The van der Waals surface area contributed by atoms with E-state index in [4.69, 9.17) is 21.1 Å². The molecule has 21 heavy (non-hydrogen) atoms. The zero-order valence-electron chi connectivity index (χ0n) is 12.5. The average Bonchev–Trinajstić information content (AvgIpc) is 3.09. The predicted molar refractivity (Wildman–Crippen MR) is 81.9 cm³/mol. The van der Waals surface area contributed by atoms with Gasteiger partial charge in [-0.25, -0.2) is 0 Å². The Bertz CT molecular complexity index is 576. The van der Waals surface area contributed by atoms with Gasteiger partial charge in [0.15, 0.2) is 11.5 Å². The number of hydrogen-bond donors (Lipinski definition) is 1. The maximum absolute atomic E-state index is 6.29. The highest BCUT2D eigenvalue weighted by atomic mass is 35.5. The van der Waals surface area contributed by atoms with Crippen molar-refractivity contribution in [2.45, 2.75) is 25.9 Å². The summed E-state index contributed by atoms with van der Waals surface area (Å²) < 4.78 is 10.9. The summed E-state index contributed by atoms with van der Waals surface area (Å²) in [6, 6.07) is 4.08. The van der Waals surface area contributed by atoms with Crippen LogP contribution in [0.1, 0.15) is 19.4 Å². The highest BCUT2D eigenvalue weighted by molar-refractivity contribution is 6.32. The van der Waals surface area contributed by atoms with Crippen molar-refractivity contribution in [3.8, 4) is 11.5 Å². The van der Waals surface area contributed by atoms with Crippen LogP contribution in [-0.4, -0.2) is 36.9 Å². The van der Waals surface area contributed by atoms with E-state index in [9.17, 15) is 0 Å². The molecule has 114 valence electrons. The fraction of sp³-hybridized carbons (Fsp3) is 0.625. The summed E-state index contributed by atoms with van der Waals surface area (Å²) in [7, 11) is 0. The van der Waals surface area contributed by atoms with Crippen LogP contribution in [0.3, 0.4) is 0 Å². The van der Waals surface area contributed by atoms with Crippen molar-refractivity contribution in [2.75, 3.05) is 26.4 Å². The third kappa shape index (κ3) is 2.12. The van der Waals surface area contributed by atoms with E-state index >= 15 is 0 Å². The SMILES string of the molecule is CC1(C)C2CNCC2CN1Cc1cc(Cl)c2c(c1)OCO2. The summed E-state index contributed by atoms with van der Waals surface area (Å²) in [5.41, 5.74) is 1.42. The molecule has 4 rings (SSSR count). The summed E-state index contributed by atoms with van der Waals surface area (Å²) in [6.45, 7) is 9.33. The van der Waals surface area contributed by atoms with Gasteiger partial charge in [-0.15, -0.1) is 0 Å². The van der Waals surface area contributed by atoms with E-state index in [0.717, 1.165) is 43.8 Å². The van der Waals surface area contributed by atoms with Gasteiger partial charge in [-0.2, -0.15) is 0 Å². The molecule has 2 atom stereocenters. The number of nitrogens with one attached hydrogen (secondary N) is 1. The topological polar surface area (TPSA) is 33.7 Å². The Morgan fingerprint density at radius 3 is 3.00 bits per heavy atom. The zero-order valence-corrected chi connectivity index (χ0v) is 13.2. The Labute approximate surface area is 130 Å². The zero-order chi connectivity index (χ0) is 14.6. The Balaban J connectivity index is 1.58. The van der Waals surface area contributed by atoms with Crippen molar-refractivity contribution in [1.82, 2.24) is 10.2 Å². The number of ether oxygens (including phenoxy) is 2. The second kappa shape index (κ2) is 4.77. The van der Waals surface area contributed by atoms with Crippen molar-refractivity contribution in [1.29, 1.82) is 0 Å². The predicted octanol–water partition coefficient (Wildman–Crippen LogP) is 2.50. The van der Waals surface area contributed by atoms with Crippen LogP contribution in [0, 0.1) is 11.8 Å². The van der Waals surface area contributed by atoms with Gasteiger partial charge in [-0.3, -0.25) is 4.90 Å². The van der Waals surface area contributed by atoms with E-state index in [1.54, 1.807) is 0 Å². The molecule has 0 radical (unpaired) electrons. The van der Waals surface area contributed by atoms with Crippen LogP contribution in [-0.2, 0) is 6.54 Å². The first kappa shape index (κ1) is 13.7. The van der Waals surface area contributed by atoms with E-state index in [2.05, 4.69) is 30.1 Å². The lowest BCUT2D eigenvalue weighted by molar-refractivity contribution is 0.132. The lowest BCUT2D eigenvalue weighted by Crippen LogP contribution is -2.43. The quantitative estimate of drug-likeness (QED) is 0.910. The number of hydrogen-bond acceptors (Lipinski definition) is 4. The summed E-state index contributed by atoms with van der Waals surface area (Å²) in [4.78, 5) is 2.58. The van der Waals surface area contributed by atoms with E-state index < -0.39 is 0 Å². The molecule has 3 aliphatic heterocycles. The number of rotatable bonds is 2. The van der Waals surface area contributed by atoms with Crippen LogP contribution in [0.25, 0.3) is 0 Å².